The van der Waals surface area contributed by atoms with Crippen LogP contribution in [0.1, 0.15) is 0 Å². The molecule has 2 aromatic rings. The lowest BCUT2D eigenvalue weighted by Crippen LogP contribution is -2.02. The highest BCUT2D eigenvalue weighted by atomic mass is 16.5. The molecule has 6 nitrogen and oxygen atoms in total. The van der Waals surface area contributed by atoms with Gasteiger partial charge >= 0.3 is 11.9 Å². The van der Waals surface area contributed by atoms with Gasteiger partial charge in [-0.25, -0.2) is 9.59 Å². The highest BCUT2D eigenvalue weighted by molar-refractivity contribution is 5.83. The number of hydrogen-bond donors (Lipinski definition) is 0. The number of azo groups is 1. The molecule has 0 N–H and O–H groups in total. The second-order valence-electron chi connectivity index (χ2n) is 4.44. The van der Waals surface area contributed by atoms with Crippen molar-refractivity contribution in [2.45, 2.75) is 0 Å². The monoisotopic (exact) mass is 322 g/mol. The summed E-state index contributed by atoms with van der Waals surface area (Å²) >= 11 is 0. The van der Waals surface area contributed by atoms with E-state index in [1.165, 1.54) is 0 Å². The molecule has 0 saturated heterocycles. The summed E-state index contributed by atoms with van der Waals surface area (Å²) in [5.74, 6) is -0.261. The first-order chi connectivity index (χ1) is 11.6. The number of rotatable bonds is 6. The minimum absolute atomic E-state index is 0.396. The van der Waals surface area contributed by atoms with Crippen molar-refractivity contribution in [1.29, 1.82) is 0 Å². The van der Waals surface area contributed by atoms with Crippen LogP contribution in [0.4, 0.5) is 11.4 Å². The number of ether oxygens (including phenoxy) is 2. The van der Waals surface area contributed by atoms with Gasteiger partial charge in [-0.15, -0.1) is 0 Å². The van der Waals surface area contributed by atoms with Gasteiger partial charge in [-0.05, 0) is 48.5 Å². The number of esters is 2. The maximum absolute atomic E-state index is 11.1. The molecule has 0 bridgehead atoms. The first-order valence-electron chi connectivity index (χ1n) is 6.91. The lowest BCUT2D eigenvalue weighted by atomic mass is 10.3. The molecule has 2 aromatic carbocycles. The molecule has 0 aromatic heterocycles. The largest absolute Gasteiger partial charge is 0.423 e. The molecule has 0 saturated carbocycles. The van der Waals surface area contributed by atoms with E-state index in [0.29, 0.717) is 22.9 Å². The summed E-state index contributed by atoms with van der Waals surface area (Å²) in [6.45, 7) is 6.65. The van der Waals surface area contributed by atoms with Gasteiger partial charge in [0.1, 0.15) is 11.5 Å². The zero-order valence-corrected chi connectivity index (χ0v) is 12.7. The Labute approximate surface area is 138 Å². The second kappa shape index (κ2) is 8.19. The van der Waals surface area contributed by atoms with Crippen molar-refractivity contribution in [1.82, 2.24) is 0 Å². The van der Waals surface area contributed by atoms with Gasteiger partial charge in [-0.2, -0.15) is 10.2 Å². The van der Waals surface area contributed by atoms with Crippen LogP contribution in [0.25, 0.3) is 0 Å². The molecule has 0 aliphatic carbocycles. The molecular formula is C18H14N2O4. The quantitative estimate of drug-likeness (QED) is 0.344. The smallest absolute Gasteiger partial charge is 0.335 e. The first-order valence-corrected chi connectivity index (χ1v) is 6.91. The standard InChI is InChI=1S/C18H14N2O4/c1-3-17(21)23-15-9-5-13(6-10-15)19-20-14-7-11-16(12-8-14)24-18(22)4-2/h3-12H,1-2H2/b20-19+. The lowest BCUT2D eigenvalue weighted by molar-refractivity contribution is -0.129. The topological polar surface area (TPSA) is 77.3 Å². The van der Waals surface area contributed by atoms with Gasteiger partial charge in [0.05, 0.1) is 11.4 Å². The Morgan fingerprint density at radius 2 is 1.04 bits per heavy atom. The van der Waals surface area contributed by atoms with Crippen LogP contribution in [0.2, 0.25) is 0 Å². The van der Waals surface area contributed by atoms with E-state index in [2.05, 4.69) is 23.4 Å². The predicted octanol–water partition coefficient (Wildman–Crippen LogP) is 4.28. The summed E-state index contributed by atoms with van der Waals surface area (Å²) in [4.78, 5) is 22.1. The molecule has 6 heteroatoms. The van der Waals surface area contributed by atoms with E-state index in [1.807, 2.05) is 0 Å². The summed E-state index contributed by atoms with van der Waals surface area (Å²) in [5, 5.41) is 8.13. The average Bonchev–Trinajstić information content (AvgIpc) is 2.62. The number of carbonyl (C=O) groups is 2. The van der Waals surface area contributed by atoms with Gasteiger partial charge in [0.2, 0.25) is 0 Å². The molecule has 0 radical (unpaired) electrons. The maximum atomic E-state index is 11.1. The van der Waals surface area contributed by atoms with Gasteiger partial charge in [-0.3, -0.25) is 0 Å². The molecule has 120 valence electrons. The summed E-state index contributed by atoms with van der Waals surface area (Å²) in [6, 6.07) is 13.1. The SMILES string of the molecule is C=CC(=O)Oc1ccc(/N=N/c2ccc(OC(=O)C=C)cc2)cc1. The zero-order chi connectivity index (χ0) is 17.4. The van der Waals surface area contributed by atoms with Crippen LogP contribution in [0.5, 0.6) is 11.5 Å². The molecule has 0 heterocycles. The third-order valence-electron chi connectivity index (χ3n) is 2.72. The normalized spacial score (nSPS) is 10.2. The molecule has 0 spiro atoms. The van der Waals surface area contributed by atoms with Crippen LogP contribution in [-0.2, 0) is 9.59 Å². The third-order valence-corrected chi connectivity index (χ3v) is 2.72. The number of hydrogen-bond acceptors (Lipinski definition) is 6. The Morgan fingerprint density at radius 3 is 1.33 bits per heavy atom. The predicted molar refractivity (Wildman–Crippen MR) is 88.7 cm³/mol. The first kappa shape index (κ1) is 16.8. The van der Waals surface area contributed by atoms with Crippen molar-refractivity contribution in [3.63, 3.8) is 0 Å². The van der Waals surface area contributed by atoms with Crippen LogP contribution < -0.4 is 9.47 Å². The lowest BCUT2D eigenvalue weighted by Gasteiger charge is -2.01. The molecule has 0 atom stereocenters. The molecule has 0 aliphatic rings. The minimum atomic E-state index is -0.526. The van der Waals surface area contributed by atoms with Crippen LogP contribution >= 0.6 is 0 Å². The Morgan fingerprint density at radius 1 is 0.708 bits per heavy atom. The fraction of sp³-hybridized carbons (Fsp3) is 0. The van der Waals surface area contributed by atoms with Crippen LogP contribution in [-0.4, -0.2) is 11.9 Å². The summed E-state index contributed by atoms with van der Waals surface area (Å²) in [5.41, 5.74) is 1.19. The van der Waals surface area contributed by atoms with Gasteiger partial charge in [-0.1, -0.05) is 13.2 Å². The van der Waals surface area contributed by atoms with Crippen molar-refractivity contribution >= 4 is 23.3 Å². The maximum Gasteiger partial charge on any atom is 0.335 e. The average molecular weight is 322 g/mol. The van der Waals surface area contributed by atoms with Crippen LogP contribution in [0.15, 0.2) is 84.1 Å². The van der Waals surface area contributed by atoms with E-state index in [1.54, 1.807) is 48.5 Å². The van der Waals surface area contributed by atoms with Crippen molar-refractivity contribution in [2.75, 3.05) is 0 Å². The van der Waals surface area contributed by atoms with Crippen molar-refractivity contribution in [2.24, 2.45) is 10.2 Å². The summed E-state index contributed by atoms with van der Waals surface area (Å²) in [7, 11) is 0. The Hall–Kier alpha value is -3.54. The summed E-state index contributed by atoms with van der Waals surface area (Å²) < 4.78 is 9.92. The van der Waals surface area contributed by atoms with E-state index in [9.17, 15) is 9.59 Å². The highest BCUT2D eigenvalue weighted by Crippen LogP contribution is 2.23. The van der Waals surface area contributed by atoms with Gasteiger partial charge < -0.3 is 9.47 Å². The van der Waals surface area contributed by atoms with Crippen LogP contribution in [0.3, 0.4) is 0 Å². The second-order valence-corrected chi connectivity index (χ2v) is 4.44. The van der Waals surface area contributed by atoms with E-state index in [-0.39, 0.29) is 0 Å². The van der Waals surface area contributed by atoms with Gasteiger partial charge in [0.15, 0.2) is 0 Å². The molecule has 0 unspecified atom stereocenters. The fourth-order valence-corrected chi connectivity index (χ4v) is 1.59. The van der Waals surface area contributed by atoms with E-state index in [4.69, 9.17) is 9.47 Å². The number of nitrogens with zero attached hydrogens (tertiary/aromatic N) is 2. The van der Waals surface area contributed by atoms with Crippen molar-refractivity contribution < 1.29 is 19.1 Å². The highest BCUT2D eigenvalue weighted by Gasteiger charge is 2.01. The molecule has 24 heavy (non-hydrogen) atoms. The van der Waals surface area contributed by atoms with Crippen molar-refractivity contribution in [3.8, 4) is 11.5 Å². The molecule has 0 amide bonds. The number of carbonyl (C=O) groups excluding carboxylic acids is 2. The molecule has 2 rings (SSSR count). The fourth-order valence-electron chi connectivity index (χ4n) is 1.59. The summed E-state index contributed by atoms with van der Waals surface area (Å²) in [6.07, 6.45) is 2.17. The molecule has 0 aliphatic heterocycles. The Kier molecular flexibility index (Phi) is 5.74. The number of benzene rings is 2. The van der Waals surface area contributed by atoms with E-state index >= 15 is 0 Å². The molecular weight excluding hydrogens is 308 g/mol. The Balaban J connectivity index is 1.99. The Bertz CT molecular complexity index is 710. The third kappa shape index (κ3) is 5.03. The van der Waals surface area contributed by atoms with E-state index < -0.39 is 11.9 Å². The van der Waals surface area contributed by atoms with Gasteiger partial charge in [0, 0.05) is 12.2 Å². The zero-order valence-electron chi connectivity index (χ0n) is 12.7. The van der Waals surface area contributed by atoms with Gasteiger partial charge in [0.25, 0.3) is 0 Å². The van der Waals surface area contributed by atoms with Crippen LogP contribution in [0, 0.1) is 0 Å². The molecule has 0 fully saturated rings. The van der Waals surface area contributed by atoms with Crippen molar-refractivity contribution in [3.05, 3.63) is 73.8 Å². The van der Waals surface area contributed by atoms with E-state index in [0.717, 1.165) is 12.2 Å². The minimum Gasteiger partial charge on any atom is -0.423 e.